The molecule has 0 unspecified atom stereocenters. The van der Waals surface area contributed by atoms with E-state index >= 15 is 0 Å². The Labute approximate surface area is 137 Å². The molecule has 7 heteroatoms. The molecule has 1 heterocycles. The first-order valence-electron chi connectivity index (χ1n) is 6.05. The van der Waals surface area contributed by atoms with Gasteiger partial charge in [0, 0.05) is 10.0 Å². The van der Waals surface area contributed by atoms with Crippen LogP contribution in [0.25, 0.3) is 11.0 Å². The van der Waals surface area contributed by atoms with E-state index in [2.05, 4.69) is 52.4 Å². The molecule has 21 heavy (non-hydrogen) atoms. The highest BCUT2D eigenvalue weighted by atomic mass is 79.9. The van der Waals surface area contributed by atoms with Crippen LogP contribution in [0.1, 0.15) is 5.56 Å². The van der Waals surface area contributed by atoms with E-state index in [9.17, 15) is 5.11 Å². The van der Waals surface area contributed by atoms with Crippen LogP contribution in [0.2, 0.25) is 0 Å². The summed E-state index contributed by atoms with van der Waals surface area (Å²) >= 11 is 6.64. The molecule has 3 aromatic rings. The molecule has 0 aliphatic rings. The number of H-pyrrole nitrogens is 1. The number of aromatic nitrogens is 2. The normalized spacial score (nSPS) is 11.3. The average molecular weight is 410 g/mol. The van der Waals surface area contributed by atoms with Crippen molar-refractivity contribution < 1.29 is 5.11 Å². The lowest BCUT2D eigenvalue weighted by molar-refractivity contribution is 0.471. The van der Waals surface area contributed by atoms with Gasteiger partial charge in [-0.25, -0.2) is 10.4 Å². The van der Waals surface area contributed by atoms with E-state index in [0.717, 1.165) is 15.5 Å². The van der Waals surface area contributed by atoms with Crippen molar-refractivity contribution in [3.05, 3.63) is 50.9 Å². The molecular weight excluding hydrogens is 400 g/mol. The predicted molar refractivity (Wildman–Crippen MR) is 90.8 cm³/mol. The van der Waals surface area contributed by atoms with Crippen LogP contribution in [-0.4, -0.2) is 21.3 Å². The Bertz CT molecular complexity index is 796. The summed E-state index contributed by atoms with van der Waals surface area (Å²) in [5, 5.41) is 14.0. The first kappa shape index (κ1) is 14.1. The number of benzene rings is 2. The van der Waals surface area contributed by atoms with E-state index in [1.807, 2.05) is 24.3 Å². The number of halogens is 2. The van der Waals surface area contributed by atoms with E-state index in [-0.39, 0.29) is 5.75 Å². The van der Waals surface area contributed by atoms with Crippen molar-refractivity contribution in [2.24, 2.45) is 5.10 Å². The molecule has 0 fully saturated rings. The summed E-state index contributed by atoms with van der Waals surface area (Å²) in [6.07, 6.45) is 1.53. The van der Waals surface area contributed by atoms with Crippen molar-refractivity contribution in [1.82, 2.24) is 9.97 Å². The van der Waals surface area contributed by atoms with E-state index in [1.54, 1.807) is 12.1 Å². The lowest BCUT2D eigenvalue weighted by atomic mass is 10.2. The molecule has 0 bridgehead atoms. The number of fused-ring (bicyclic) bond motifs is 1. The lowest BCUT2D eigenvalue weighted by Gasteiger charge is -2.02. The Hall–Kier alpha value is -1.86. The second-order valence-corrected chi connectivity index (χ2v) is 6.07. The van der Waals surface area contributed by atoms with Gasteiger partial charge in [0.1, 0.15) is 5.75 Å². The average Bonchev–Trinajstić information content (AvgIpc) is 2.86. The van der Waals surface area contributed by atoms with Gasteiger partial charge in [-0.1, -0.05) is 28.1 Å². The summed E-state index contributed by atoms with van der Waals surface area (Å²) in [4.78, 5) is 7.44. The number of aromatic amines is 1. The zero-order chi connectivity index (χ0) is 14.8. The topological polar surface area (TPSA) is 73.3 Å². The zero-order valence-electron chi connectivity index (χ0n) is 10.6. The molecule has 0 spiro atoms. The van der Waals surface area contributed by atoms with E-state index in [0.29, 0.717) is 16.0 Å². The molecule has 1 aromatic heterocycles. The first-order valence-corrected chi connectivity index (χ1v) is 7.64. The second-order valence-electron chi connectivity index (χ2n) is 4.30. The maximum atomic E-state index is 9.92. The molecular formula is C14H10Br2N4O. The molecule has 0 saturated heterocycles. The van der Waals surface area contributed by atoms with Crippen LogP contribution in [-0.2, 0) is 0 Å². The molecule has 0 aliphatic heterocycles. The van der Waals surface area contributed by atoms with Gasteiger partial charge in [0.05, 0.1) is 21.7 Å². The Morgan fingerprint density at radius 1 is 1.24 bits per heavy atom. The zero-order valence-corrected chi connectivity index (χ0v) is 13.8. The third kappa shape index (κ3) is 3.08. The predicted octanol–water partition coefficient (Wildman–Crippen LogP) is 4.24. The number of phenolic OH excluding ortho intramolecular Hbond substituents is 1. The van der Waals surface area contributed by atoms with E-state index in [1.165, 1.54) is 6.21 Å². The number of phenols is 1. The van der Waals surface area contributed by atoms with Crippen molar-refractivity contribution >= 4 is 55.1 Å². The molecule has 0 saturated carbocycles. The number of hydrogen-bond donors (Lipinski definition) is 3. The van der Waals surface area contributed by atoms with Gasteiger partial charge in [0.2, 0.25) is 5.95 Å². The highest BCUT2D eigenvalue weighted by Crippen LogP contribution is 2.30. The van der Waals surface area contributed by atoms with Crippen molar-refractivity contribution in [3.8, 4) is 5.75 Å². The molecule has 0 atom stereocenters. The van der Waals surface area contributed by atoms with Gasteiger partial charge >= 0.3 is 0 Å². The van der Waals surface area contributed by atoms with Gasteiger partial charge in [-0.05, 0) is 40.2 Å². The minimum Gasteiger partial charge on any atom is -0.506 e. The Morgan fingerprint density at radius 2 is 2.05 bits per heavy atom. The number of imidazole rings is 1. The number of hydrazone groups is 1. The van der Waals surface area contributed by atoms with Crippen LogP contribution in [0.4, 0.5) is 5.95 Å². The van der Waals surface area contributed by atoms with Gasteiger partial charge in [-0.15, -0.1) is 0 Å². The number of aromatic hydroxyl groups is 1. The third-order valence-corrected chi connectivity index (χ3v) is 3.88. The Kier molecular flexibility index (Phi) is 3.94. The molecule has 2 aromatic carbocycles. The minimum atomic E-state index is 0.133. The number of rotatable bonds is 3. The summed E-state index contributed by atoms with van der Waals surface area (Å²) in [5.41, 5.74) is 5.19. The van der Waals surface area contributed by atoms with Gasteiger partial charge in [-0.3, -0.25) is 0 Å². The molecule has 3 rings (SSSR count). The van der Waals surface area contributed by atoms with Crippen LogP contribution in [0.5, 0.6) is 5.75 Å². The molecule has 106 valence electrons. The number of nitrogens with zero attached hydrogens (tertiary/aromatic N) is 2. The van der Waals surface area contributed by atoms with Crippen LogP contribution >= 0.6 is 31.9 Å². The Morgan fingerprint density at radius 3 is 2.86 bits per heavy atom. The van der Waals surface area contributed by atoms with Crippen LogP contribution in [0.15, 0.2) is 50.4 Å². The fraction of sp³-hybridized carbons (Fsp3) is 0. The van der Waals surface area contributed by atoms with Crippen molar-refractivity contribution in [3.63, 3.8) is 0 Å². The summed E-state index contributed by atoms with van der Waals surface area (Å²) in [7, 11) is 0. The summed E-state index contributed by atoms with van der Waals surface area (Å²) in [5.74, 6) is 0.675. The number of anilines is 1. The first-order chi connectivity index (χ1) is 10.1. The van der Waals surface area contributed by atoms with Crippen LogP contribution in [0.3, 0.4) is 0 Å². The Balaban J connectivity index is 1.81. The summed E-state index contributed by atoms with van der Waals surface area (Å²) in [6, 6.07) is 11.2. The highest BCUT2D eigenvalue weighted by Gasteiger charge is 2.05. The quantitative estimate of drug-likeness (QED) is 0.447. The molecule has 3 N–H and O–H groups in total. The van der Waals surface area contributed by atoms with E-state index in [4.69, 9.17) is 0 Å². The van der Waals surface area contributed by atoms with Gasteiger partial charge in [0.25, 0.3) is 0 Å². The minimum absolute atomic E-state index is 0.133. The largest absolute Gasteiger partial charge is 0.506 e. The summed E-state index contributed by atoms with van der Waals surface area (Å²) in [6.45, 7) is 0. The number of nitrogens with one attached hydrogen (secondary N) is 2. The maximum absolute atomic E-state index is 9.92. The van der Waals surface area contributed by atoms with Crippen LogP contribution < -0.4 is 5.43 Å². The number of para-hydroxylation sites is 2. The standard InChI is InChI=1S/C14H10Br2N4O/c15-9-5-8(13(21)10(16)6-9)7-17-20-14-18-11-3-1-2-4-12(11)19-14/h1-7,21H,(H2,18,19,20)/b17-7-. The van der Waals surface area contributed by atoms with Gasteiger partial charge in [-0.2, -0.15) is 5.10 Å². The fourth-order valence-corrected chi connectivity index (χ4v) is 3.11. The van der Waals surface area contributed by atoms with Crippen molar-refractivity contribution in [2.45, 2.75) is 0 Å². The summed E-state index contributed by atoms with van der Waals surface area (Å²) < 4.78 is 1.44. The van der Waals surface area contributed by atoms with Crippen molar-refractivity contribution in [1.29, 1.82) is 0 Å². The third-order valence-electron chi connectivity index (χ3n) is 2.82. The number of hydrogen-bond acceptors (Lipinski definition) is 4. The van der Waals surface area contributed by atoms with Gasteiger partial charge < -0.3 is 10.1 Å². The SMILES string of the molecule is Oc1c(Br)cc(Br)cc1/C=N\Nc1nc2ccccc2[nH]1. The lowest BCUT2D eigenvalue weighted by Crippen LogP contribution is -1.93. The smallest absolute Gasteiger partial charge is 0.222 e. The molecule has 0 aliphatic carbocycles. The van der Waals surface area contributed by atoms with E-state index < -0.39 is 0 Å². The highest BCUT2D eigenvalue weighted by molar-refractivity contribution is 9.11. The maximum Gasteiger partial charge on any atom is 0.222 e. The monoisotopic (exact) mass is 408 g/mol. The molecule has 0 amide bonds. The van der Waals surface area contributed by atoms with Crippen LogP contribution in [0, 0.1) is 0 Å². The molecule has 5 nitrogen and oxygen atoms in total. The van der Waals surface area contributed by atoms with Gasteiger partial charge in [0.15, 0.2) is 0 Å². The van der Waals surface area contributed by atoms with Crippen molar-refractivity contribution in [2.75, 3.05) is 5.43 Å². The second kappa shape index (κ2) is 5.87. The fourth-order valence-electron chi connectivity index (χ4n) is 1.85. The molecule has 0 radical (unpaired) electrons.